The first-order valence-corrected chi connectivity index (χ1v) is 6.61. The molecule has 0 amide bonds. The van der Waals surface area contributed by atoms with Gasteiger partial charge in [-0.25, -0.2) is 4.79 Å². The SMILES string of the molecule is COC(=O)c1cc(Cl)c(OCc2ccccc2)cc1Cl. The zero-order valence-corrected chi connectivity index (χ0v) is 12.2. The second-order valence-corrected chi connectivity index (χ2v) is 4.84. The molecule has 0 unspecified atom stereocenters. The molecule has 104 valence electrons. The van der Waals surface area contributed by atoms with Crippen LogP contribution in [0.1, 0.15) is 15.9 Å². The van der Waals surface area contributed by atoms with Crippen LogP contribution in [-0.2, 0) is 11.3 Å². The molecule has 0 heterocycles. The number of hydrogen-bond donors (Lipinski definition) is 0. The molecule has 2 aromatic carbocycles. The first kappa shape index (κ1) is 14.7. The van der Waals surface area contributed by atoms with Gasteiger partial charge < -0.3 is 9.47 Å². The van der Waals surface area contributed by atoms with Gasteiger partial charge in [-0.1, -0.05) is 53.5 Å². The van der Waals surface area contributed by atoms with Crippen LogP contribution in [0.4, 0.5) is 0 Å². The Bertz CT molecular complexity index is 612. The number of carbonyl (C=O) groups excluding carboxylic acids is 1. The van der Waals surface area contributed by atoms with E-state index in [9.17, 15) is 4.79 Å². The van der Waals surface area contributed by atoms with Gasteiger partial charge in [-0.2, -0.15) is 0 Å². The highest BCUT2D eigenvalue weighted by Gasteiger charge is 2.15. The van der Waals surface area contributed by atoms with Crippen molar-refractivity contribution in [1.29, 1.82) is 0 Å². The Labute approximate surface area is 127 Å². The van der Waals surface area contributed by atoms with Gasteiger partial charge in [0.2, 0.25) is 0 Å². The van der Waals surface area contributed by atoms with E-state index >= 15 is 0 Å². The van der Waals surface area contributed by atoms with Crippen LogP contribution in [0.25, 0.3) is 0 Å². The van der Waals surface area contributed by atoms with E-state index in [0.29, 0.717) is 17.4 Å². The van der Waals surface area contributed by atoms with Gasteiger partial charge in [0.1, 0.15) is 12.4 Å². The largest absolute Gasteiger partial charge is 0.487 e. The Balaban J connectivity index is 2.17. The highest BCUT2D eigenvalue weighted by molar-refractivity contribution is 6.36. The maximum absolute atomic E-state index is 11.5. The number of methoxy groups -OCH3 is 1. The van der Waals surface area contributed by atoms with Crippen molar-refractivity contribution in [3.05, 3.63) is 63.6 Å². The molecule has 0 saturated carbocycles. The van der Waals surface area contributed by atoms with Gasteiger partial charge in [0.25, 0.3) is 0 Å². The average Bonchev–Trinajstić information content (AvgIpc) is 2.48. The molecule has 5 heteroatoms. The van der Waals surface area contributed by atoms with Crippen molar-refractivity contribution in [2.45, 2.75) is 6.61 Å². The van der Waals surface area contributed by atoms with E-state index in [2.05, 4.69) is 4.74 Å². The summed E-state index contributed by atoms with van der Waals surface area (Å²) in [6.07, 6.45) is 0. The first-order valence-electron chi connectivity index (χ1n) is 5.86. The molecular weight excluding hydrogens is 299 g/mol. The molecule has 0 bridgehead atoms. The van der Waals surface area contributed by atoms with E-state index in [0.717, 1.165) is 5.56 Å². The molecule has 0 saturated heterocycles. The Kier molecular flexibility index (Phi) is 4.88. The van der Waals surface area contributed by atoms with Crippen LogP contribution in [0.3, 0.4) is 0 Å². The number of esters is 1. The van der Waals surface area contributed by atoms with Crippen LogP contribution in [0.15, 0.2) is 42.5 Å². The number of carbonyl (C=O) groups is 1. The van der Waals surface area contributed by atoms with Gasteiger partial charge in [-0.15, -0.1) is 0 Å². The molecule has 0 aliphatic carbocycles. The molecule has 0 atom stereocenters. The van der Waals surface area contributed by atoms with E-state index in [1.807, 2.05) is 30.3 Å². The summed E-state index contributed by atoms with van der Waals surface area (Å²) in [6, 6.07) is 12.6. The van der Waals surface area contributed by atoms with Crippen molar-refractivity contribution in [1.82, 2.24) is 0 Å². The van der Waals surface area contributed by atoms with Crippen LogP contribution < -0.4 is 4.74 Å². The normalized spacial score (nSPS) is 10.2. The monoisotopic (exact) mass is 310 g/mol. The molecular formula is C15H12Cl2O3. The third-order valence-corrected chi connectivity index (χ3v) is 3.27. The minimum absolute atomic E-state index is 0.214. The minimum atomic E-state index is -0.536. The quantitative estimate of drug-likeness (QED) is 0.787. The van der Waals surface area contributed by atoms with Gasteiger partial charge in [0, 0.05) is 6.07 Å². The summed E-state index contributed by atoms with van der Waals surface area (Å²) >= 11 is 12.1. The molecule has 0 aromatic heterocycles. The number of hydrogen-bond acceptors (Lipinski definition) is 3. The number of rotatable bonds is 4. The van der Waals surface area contributed by atoms with Crippen LogP contribution >= 0.6 is 23.2 Å². The lowest BCUT2D eigenvalue weighted by Crippen LogP contribution is -2.03. The lowest BCUT2D eigenvalue weighted by atomic mass is 10.2. The molecule has 2 aromatic rings. The lowest BCUT2D eigenvalue weighted by Gasteiger charge is -2.10. The molecule has 0 fully saturated rings. The number of benzene rings is 2. The number of ether oxygens (including phenoxy) is 2. The summed E-state index contributed by atoms with van der Waals surface area (Å²) in [4.78, 5) is 11.5. The standard InChI is InChI=1S/C15H12Cl2O3/c1-19-15(18)11-7-13(17)14(8-12(11)16)20-9-10-5-3-2-4-6-10/h2-8H,9H2,1H3. The zero-order chi connectivity index (χ0) is 14.5. The molecule has 0 radical (unpaired) electrons. The predicted octanol–water partition coefficient (Wildman–Crippen LogP) is 4.36. The summed E-state index contributed by atoms with van der Waals surface area (Å²) in [6.45, 7) is 0.370. The summed E-state index contributed by atoms with van der Waals surface area (Å²) in [7, 11) is 1.28. The van der Waals surface area contributed by atoms with E-state index in [-0.39, 0.29) is 10.6 Å². The van der Waals surface area contributed by atoms with Crippen molar-refractivity contribution in [2.24, 2.45) is 0 Å². The number of halogens is 2. The lowest BCUT2D eigenvalue weighted by molar-refractivity contribution is 0.0601. The minimum Gasteiger partial charge on any atom is -0.487 e. The van der Waals surface area contributed by atoms with E-state index < -0.39 is 5.97 Å². The maximum atomic E-state index is 11.5. The van der Waals surface area contributed by atoms with E-state index in [4.69, 9.17) is 27.9 Å². The molecule has 0 aliphatic rings. The van der Waals surface area contributed by atoms with Crippen LogP contribution in [0.5, 0.6) is 5.75 Å². The Morgan fingerprint density at radius 3 is 2.45 bits per heavy atom. The molecule has 0 spiro atoms. The summed E-state index contributed by atoms with van der Waals surface area (Å²) in [5.74, 6) is -0.111. The van der Waals surface area contributed by atoms with E-state index in [1.165, 1.54) is 19.2 Å². The van der Waals surface area contributed by atoms with Crippen LogP contribution in [0.2, 0.25) is 10.0 Å². The Hall–Kier alpha value is -1.71. The highest BCUT2D eigenvalue weighted by Crippen LogP contribution is 2.32. The van der Waals surface area contributed by atoms with Crippen molar-refractivity contribution >= 4 is 29.2 Å². The first-order chi connectivity index (χ1) is 9.61. The molecule has 3 nitrogen and oxygen atoms in total. The van der Waals surface area contributed by atoms with Crippen LogP contribution in [-0.4, -0.2) is 13.1 Å². The maximum Gasteiger partial charge on any atom is 0.339 e. The Morgan fingerprint density at radius 2 is 1.80 bits per heavy atom. The smallest absolute Gasteiger partial charge is 0.339 e. The van der Waals surface area contributed by atoms with Gasteiger partial charge in [-0.05, 0) is 11.6 Å². The molecule has 0 aliphatic heterocycles. The third-order valence-electron chi connectivity index (χ3n) is 2.66. The highest BCUT2D eigenvalue weighted by atomic mass is 35.5. The fourth-order valence-electron chi connectivity index (χ4n) is 1.64. The van der Waals surface area contributed by atoms with Crippen molar-refractivity contribution in [3.8, 4) is 5.75 Å². The fourth-order valence-corrected chi connectivity index (χ4v) is 2.09. The second-order valence-electron chi connectivity index (χ2n) is 4.03. The summed E-state index contributed by atoms with van der Waals surface area (Å²) in [5, 5.41) is 0.551. The fraction of sp³-hybridized carbons (Fsp3) is 0.133. The Morgan fingerprint density at radius 1 is 1.10 bits per heavy atom. The van der Waals surface area contributed by atoms with Crippen molar-refractivity contribution in [3.63, 3.8) is 0 Å². The zero-order valence-electron chi connectivity index (χ0n) is 10.7. The van der Waals surface area contributed by atoms with Crippen LogP contribution in [0, 0.1) is 0 Å². The topological polar surface area (TPSA) is 35.5 Å². The van der Waals surface area contributed by atoms with Gasteiger partial charge in [-0.3, -0.25) is 0 Å². The molecule has 0 N–H and O–H groups in total. The summed E-state index contributed by atoms with van der Waals surface area (Å²) in [5.41, 5.74) is 1.22. The molecule has 20 heavy (non-hydrogen) atoms. The summed E-state index contributed by atoms with van der Waals surface area (Å²) < 4.78 is 10.2. The molecule has 2 rings (SSSR count). The second kappa shape index (κ2) is 6.64. The van der Waals surface area contributed by atoms with Gasteiger partial charge >= 0.3 is 5.97 Å². The predicted molar refractivity (Wildman–Crippen MR) is 78.6 cm³/mol. The third kappa shape index (κ3) is 3.44. The van der Waals surface area contributed by atoms with Crippen molar-refractivity contribution in [2.75, 3.05) is 7.11 Å². The van der Waals surface area contributed by atoms with Gasteiger partial charge in [0.05, 0.1) is 22.7 Å². The van der Waals surface area contributed by atoms with E-state index in [1.54, 1.807) is 0 Å². The average molecular weight is 311 g/mol. The van der Waals surface area contributed by atoms with Crippen molar-refractivity contribution < 1.29 is 14.3 Å². The van der Waals surface area contributed by atoms with Gasteiger partial charge in [0.15, 0.2) is 0 Å².